The van der Waals surface area contributed by atoms with Crippen molar-refractivity contribution in [3.8, 4) is 5.75 Å². The molecule has 4 rings (SSSR count). The molecule has 2 heterocycles. The van der Waals surface area contributed by atoms with Crippen molar-refractivity contribution in [1.29, 1.82) is 0 Å². The maximum atomic E-state index is 14.0. The first kappa shape index (κ1) is 39.0. The van der Waals surface area contributed by atoms with Crippen LogP contribution < -0.4 is 14.5 Å². The predicted molar refractivity (Wildman–Crippen MR) is 161 cm³/mol. The zero-order chi connectivity index (χ0) is 37.7. The number of carbonyl (C=O) groups is 2. The van der Waals surface area contributed by atoms with Crippen LogP contribution in [0.5, 0.6) is 5.75 Å². The van der Waals surface area contributed by atoms with E-state index in [1.54, 1.807) is 6.92 Å². The van der Waals surface area contributed by atoms with E-state index in [9.17, 15) is 49.1 Å². The van der Waals surface area contributed by atoms with E-state index in [2.05, 4.69) is 9.97 Å². The fourth-order valence-electron chi connectivity index (χ4n) is 5.57. The number of fused-ring (bicyclic) bond motifs is 1. The molecule has 1 aliphatic heterocycles. The number of carboxylic acid groups (broad SMARTS) is 1. The third kappa shape index (κ3) is 9.71. The molecule has 1 aliphatic rings. The molecule has 2 aromatic carbocycles. The summed E-state index contributed by atoms with van der Waals surface area (Å²) in [5.74, 6) is -1.44. The fourth-order valence-corrected chi connectivity index (χ4v) is 5.57. The standard InChI is InChI=1S/C32H31F9N4O6/c1-2-22-14-26(24-13-19(30(33,34)35)5-6-25(24)45(22)29(49)51-8-3-4-27(47)48)44(28-42-15-23(16-43-28)50-9-7-46)17-18-10-20(31(36,37)38)12-21(11-18)32(39,40)41/h5-6,10-13,15-16,22,26,46H,2-4,7-9,14,17H2,1H3,(H,47,48)/t22-,26+/m1/s1. The van der Waals surface area contributed by atoms with Crippen molar-refractivity contribution in [2.45, 2.75) is 69.8 Å². The van der Waals surface area contributed by atoms with E-state index >= 15 is 0 Å². The maximum absolute atomic E-state index is 14.0. The largest absolute Gasteiger partial charge is 0.488 e. The Morgan fingerprint density at radius 2 is 1.51 bits per heavy atom. The van der Waals surface area contributed by atoms with E-state index in [-0.39, 0.29) is 74.5 Å². The lowest BCUT2D eigenvalue weighted by molar-refractivity contribution is -0.143. The minimum Gasteiger partial charge on any atom is -0.488 e. The number of carbonyl (C=O) groups excluding carboxylic acids is 1. The summed E-state index contributed by atoms with van der Waals surface area (Å²) in [6.45, 7) is -0.0205. The number of rotatable bonds is 12. The van der Waals surface area contributed by atoms with E-state index in [1.807, 2.05) is 0 Å². The number of aliphatic hydroxyl groups is 1. The summed E-state index contributed by atoms with van der Waals surface area (Å²) in [7, 11) is 0. The van der Waals surface area contributed by atoms with Gasteiger partial charge in [-0.15, -0.1) is 0 Å². The van der Waals surface area contributed by atoms with Crippen LogP contribution in [0.4, 0.5) is 55.9 Å². The molecule has 0 radical (unpaired) electrons. The van der Waals surface area contributed by atoms with Gasteiger partial charge in [0.05, 0.1) is 54.0 Å². The number of carboxylic acids is 1. The first-order chi connectivity index (χ1) is 23.8. The van der Waals surface area contributed by atoms with Crippen LogP contribution in [0, 0.1) is 0 Å². The Bertz CT molecular complexity index is 1650. The quantitative estimate of drug-likeness (QED) is 0.143. The molecule has 0 saturated carbocycles. The zero-order valence-corrected chi connectivity index (χ0v) is 26.6. The van der Waals surface area contributed by atoms with E-state index in [0.717, 1.165) is 34.3 Å². The minimum absolute atomic E-state index is 0.0258. The highest BCUT2D eigenvalue weighted by Gasteiger charge is 2.42. The van der Waals surface area contributed by atoms with Crippen molar-refractivity contribution in [1.82, 2.24) is 9.97 Å². The molecule has 19 heteroatoms. The molecule has 1 amide bonds. The highest BCUT2D eigenvalue weighted by molar-refractivity contribution is 5.90. The number of hydrogen-bond acceptors (Lipinski definition) is 8. The van der Waals surface area contributed by atoms with E-state index in [1.165, 1.54) is 0 Å². The first-order valence-electron chi connectivity index (χ1n) is 15.3. The molecule has 0 aliphatic carbocycles. The zero-order valence-electron chi connectivity index (χ0n) is 26.6. The van der Waals surface area contributed by atoms with Crippen LogP contribution >= 0.6 is 0 Å². The van der Waals surface area contributed by atoms with Gasteiger partial charge in [0.25, 0.3) is 0 Å². The van der Waals surface area contributed by atoms with Crippen LogP contribution in [0.25, 0.3) is 0 Å². The van der Waals surface area contributed by atoms with Gasteiger partial charge in [0.1, 0.15) is 6.61 Å². The molecule has 0 unspecified atom stereocenters. The number of hydrogen-bond donors (Lipinski definition) is 2. The molecule has 3 aromatic rings. The SMILES string of the molecule is CC[C@@H]1C[C@H](N(Cc2cc(C(F)(F)F)cc(C(F)(F)F)c2)c2ncc(OCCO)cn2)c2cc(C(F)(F)F)ccc2N1C(=O)OCCCC(=O)O. The van der Waals surface area contributed by atoms with Gasteiger partial charge in [0, 0.05) is 19.0 Å². The molecule has 51 heavy (non-hydrogen) atoms. The Kier molecular flexibility index (Phi) is 11.9. The van der Waals surface area contributed by atoms with Gasteiger partial charge in [0.2, 0.25) is 5.95 Å². The summed E-state index contributed by atoms with van der Waals surface area (Å²) in [5, 5.41) is 17.9. The number of halogens is 9. The van der Waals surface area contributed by atoms with Gasteiger partial charge in [0.15, 0.2) is 5.75 Å². The van der Waals surface area contributed by atoms with Crippen molar-refractivity contribution in [2.75, 3.05) is 29.6 Å². The summed E-state index contributed by atoms with van der Waals surface area (Å²) in [6.07, 6.45) is -14.5. The molecule has 2 atom stereocenters. The van der Waals surface area contributed by atoms with Crippen LogP contribution in [0.3, 0.4) is 0 Å². The fraction of sp³-hybridized carbons (Fsp3) is 0.438. The Labute approximate surface area is 284 Å². The molecule has 0 spiro atoms. The van der Waals surface area contributed by atoms with Crippen molar-refractivity contribution in [3.63, 3.8) is 0 Å². The van der Waals surface area contributed by atoms with Gasteiger partial charge in [-0.3, -0.25) is 9.69 Å². The highest BCUT2D eigenvalue weighted by Crippen LogP contribution is 2.46. The van der Waals surface area contributed by atoms with Crippen molar-refractivity contribution in [3.05, 3.63) is 76.6 Å². The number of alkyl halides is 9. The van der Waals surface area contributed by atoms with Gasteiger partial charge in [-0.25, -0.2) is 14.8 Å². The van der Waals surface area contributed by atoms with Crippen LogP contribution in [0.15, 0.2) is 48.8 Å². The van der Waals surface area contributed by atoms with Crippen LogP contribution in [-0.2, 0) is 34.6 Å². The summed E-state index contributed by atoms with van der Waals surface area (Å²) < 4.78 is 135. The second kappa shape index (κ2) is 15.6. The topological polar surface area (TPSA) is 125 Å². The Balaban J connectivity index is 1.90. The Hall–Kier alpha value is -4.81. The van der Waals surface area contributed by atoms with E-state index in [0.29, 0.717) is 18.2 Å². The van der Waals surface area contributed by atoms with Crippen LogP contribution in [0.1, 0.15) is 66.5 Å². The smallest absolute Gasteiger partial charge is 0.416 e. The summed E-state index contributed by atoms with van der Waals surface area (Å²) in [6, 6.07) is 1.22. The van der Waals surface area contributed by atoms with Crippen molar-refractivity contribution < 1.29 is 68.8 Å². The van der Waals surface area contributed by atoms with Crippen molar-refractivity contribution >= 4 is 23.7 Å². The van der Waals surface area contributed by atoms with Gasteiger partial charge in [-0.1, -0.05) is 6.92 Å². The average molecular weight is 739 g/mol. The lowest BCUT2D eigenvalue weighted by Crippen LogP contribution is -2.48. The number of benzene rings is 2. The van der Waals surface area contributed by atoms with Gasteiger partial charge >= 0.3 is 30.6 Å². The van der Waals surface area contributed by atoms with Crippen molar-refractivity contribution in [2.24, 2.45) is 0 Å². The summed E-state index contributed by atoms with van der Waals surface area (Å²) >= 11 is 0. The number of aliphatic hydroxyl groups excluding tert-OH is 1. The predicted octanol–water partition coefficient (Wildman–Crippen LogP) is 7.64. The molecule has 278 valence electrons. The lowest BCUT2D eigenvalue weighted by atomic mass is 9.87. The molecule has 2 N–H and O–H groups in total. The number of aromatic nitrogens is 2. The molecular formula is C32H31F9N4O6. The number of ether oxygens (including phenoxy) is 2. The van der Waals surface area contributed by atoms with Gasteiger partial charge in [-0.2, -0.15) is 39.5 Å². The van der Waals surface area contributed by atoms with Gasteiger partial charge < -0.3 is 24.6 Å². The summed E-state index contributed by atoms with van der Waals surface area (Å²) in [4.78, 5) is 34.7. The third-order valence-corrected chi connectivity index (χ3v) is 7.87. The van der Waals surface area contributed by atoms with Gasteiger partial charge in [-0.05, 0) is 66.8 Å². The second-order valence-corrected chi connectivity index (χ2v) is 11.4. The van der Waals surface area contributed by atoms with E-state index in [4.69, 9.17) is 19.7 Å². The number of nitrogens with zero attached hydrogens (tertiary/aromatic N) is 4. The Morgan fingerprint density at radius 3 is 2.04 bits per heavy atom. The number of amides is 1. The summed E-state index contributed by atoms with van der Waals surface area (Å²) in [5.41, 5.74) is -5.21. The van der Waals surface area contributed by atoms with E-state index < -0.39 is 71.5 Å². The molecule has 1 aromatic heterocycles. The maximum Gasteiger partial charge on any atom is 0.416 e. The van der Waals surface area contributed by atoms with Crippen LogP contribution in [0.2, 0.25) is 0 Å². The minimum atomic E-state index is -5.19. The lowest BCUT2D eigenvalue weighted by Gasteiger charge is -2.44. The second-order valence-electron chi connectivity index (χ2n) is 11.4. The highest BCUT2D eigenvalue weighted by atomic mass is 19.4. The monoisotopic (exact) mass is 738 g/mol. The van der Waals surface area contributed by atoms with Crippen LogP contribution in [-0.4, -0.2) is 58.1 Å². The molecule has 0 bridgehead atoms. The number of anilines is 2. The molecule has 0 fully saturated rings. The third-order valence-electron chi connectivity index (χ3n) is 7.87. The number of aliphatic carboxylic acids is 1. The molecular weight excluding hydrogens is 707 g/mol. The molecule has 0 saturated heterocycles. The Morgan fingerprint density at radius 1 is 0.902 bits per heavy atom. The average Bonchev–Trinajstić information content (AvgIpc) is 3.06. The normalized spacial score (nSPS) is 16.4. The first-order valence-corrected chi connectivity index (χ1v) is 15.3. The molecule has 10 nitrogen and oxygen atoms in total.